The van der Waals surface area contributed by atoms with E-state index in [-0.39, 0.29) is 11.5 Å². The van der Waals surface area contributed by atoms with E-state index < -0.39 is 0 Å². The van der Waals surface area contributed by atoms with Crippen molar-refractivity contribution in [1.29, 1.82) is 0 Å². The van der Waals surface area contributed by atoms with Crippen molar-refractivity contribution >= 4 is 6.21 Å². The van der Waals surface area contributed by atoms with Crippen LogP contribution in [0.1, 0.15) is 19.4 Å². The van der Waals surface area contributed by atoms with E-state index in [1.165, 1.54) is 12.1 Å². The van der Waals surface area contributed by atoms with E-state index in [1.54, 1.807) is 12.3 Å². The van der Waals surface area contributed by atoms with E-state index in [1.807, 2.05) is 0 Å². The molecule has 0 aliphatic carbocycles. The largest absolute Gasteiger partial charge is 0.508 e. The van der Waals surface area contributed by atoms with Gasteiger partial charge in [-0.1, -0.05) is 13.8 Å². The van der Waals surface area contributed by atoms with Crippen molar-refractivity contribution < 1.29 is 10.2 Å². The molecule has 0 unspecified atom stereocenters. The Kier molecular flexibility index (Phi) is 5.49. The Balaban J connectivity index is 2.48. The maximum atomic E-state index is 9.53. The maximum absolute atomic E-state index is 9.53. The number of likely N-dealkylation sites (N-methyl/N-ethyl adjacent to an activating group) is 1. The molecule has 4 heteroatoms. The fourth-order valence-electron chi connectivity index (χ4n) is 1.54. The van der Waals surface area contributed by atoms with Gasteiger partial charge in [-0.3, -0.25) is 4.99 Å². The molecule has 94 valence electrons. The van der Waals surface area contributed by atoms with Crippen LogP contribution in [0.15, 0.2) is 23.2 Å². The monoisotopic (exact) mass is 236 g/mol. The highest BCUT2D eigenvalue weighted by Gasteiger charge is 1.99. The summed E-state index contributed by atoms with van der Waals surface area (Å²) in [5.74, 6) is 0.111. The lowest BCUT2D eigenvalue weighted by atomic mass is 10.2. The number of hydrogen-bond donors (Lipinski definition) is 2. The fraction of sp³-hybridized carbons (Fsp3) is 0.462. The van der Waals surface area contributed by atoms with Crippen LogP contribution in [-0.2, 0) is 0 Å². The highest BCUT2D eigenvalue weighted by atomic mass is 16.3. The number of benzene rings is 1. The molecule has 0 aliphatic heterocycles. The van der Waals surface area contributed by atoms with Crippen molar-refractivity contribution in [3.8, 4) is 11.5 Å². The minimum Gasteiger partial charge on any atom is -0.508 e. The zero-order valence-corrected chi connectivity index (χ0v) is 10.4. The Hall–Kier alpha value is -1.55. The minimum absolute atomic E-state index is 0.0524. The van der Waals surface area contributed by atoms with E-state index in [2.05, 4.69) is 23.7 Å². The van der Waals surface area contributed by atoms with Crippen LogP contribution in [0.2, 0.25) is 0 Å². The van der Waals surface area contributed by atoms with Crippen LogP contribution in [0.25, 0.3) is 0 Å². The Morgan fingerprint density at radius 1 is 1.24 bits per heavy atom. The number of nitrogens with zero attached hydrogens (tertiary/aromatic N) is 2. The molecule has 0 saturated heterocycles. The average Bonchev–Trinajstić information content (AvgIpc) is 2.32. The quantitative estimate of drug-likeness (QED) is 0.741. The molecule has 2 N–H and O–H groups in total. The van der Waals surface area contributed by atoms with Gasteiger partial charge in [0.05, 0.1) is 6.54 Å². The SMILES string of the molecule is CCN(CC)CCN=Cc1ccc(O)cc1O. The second-order valence-electron chi connectivity index (χ2n) is 3.81. The average molecular weight is 236 g/mol. The van der Waals surface area contributed by atoms with Crippen molar-refractivity contribution in [3.05, 3.63) is 23.8 Å². The molecule has 1 aromatic rings. The standard InChI is InChI=1S/C13H20N2O2/c1-3-15(4-2)8-7-14-10-11-5-6-12(16)9-13(11)17/h5-6,9-10,16-17H,3-4,7-8H2,1-2H3. The summed E-state index contributed by atoms with van der Waals surface area (Å²) >= 11 is 0. The van der Waals surface area contributed by atoms with Crippen LogP contribution >= 0.6 is 0 Å². The number of aromatic hydroxyl groups is 2. The third kappa shape index (κ3) is 4.44. The summed E-state index contributed by atoms with van der Waals surface area (Å²) in [6.45, 7) is 7.93. The first-order valence-electron chi connectivity index (χ1n) is 5.91. The van der Waals surface area contributed by atoms with Crippen LogP contribution in [0.4, 0.5) is 0 Å². The normalized spacial score (nSPS) is 11.5. The van der Waals surface area contributed by atoms with Gasteiger partial charge in [0.15, 0.2) is 0 Å². The topological polar surface area (TPSA) is 56.1 Å². The van der Waals surface area contributed by atoms with E-state index in [9.17, 15) is 5.11 Å². The predicted octanol–water partition coefficient (Wildman–Crippen LogP) is 1.86. The van der Waals surface area contributed by atoms with Crippen LogP contribution in [-0.4, -0.2) is 47.5 Å². The molecule has 0 atom stereocenters. The summed E-state index contributed by atoms with van der Waals surface area (Å²) in [6, 6.07) is 4.49. The zero-order chi connectivity index (χ0) is 12.7. The van der Waals surface area contributed by atoms with Crippen molar-refractivity contribution in [2.24, 2.45) is 4.99 Å². The van der Waals surface area contributed by atoms with Crippen molar-refractivity contribution in [2.45, 2.75) is 13.8 Å². The Morgan fingerprint density at radius 2 is 1.94 bits per heavy atom. The van der Waals surface area contributed by atoms with Crippen LogP contribution in [0, 0.1) is 0 Å². The van der Waals surface area contributed by atoms with Crippen molar-refractivity contribution in [2.75, 3.05) is 26.2 Å². The van der Waals surface area contributed by atoms with Gasteiger partial charge in [-0.25, -0.2) is 0 Å². The molecule has 0 radical (unpaired) electrons. The lowest BCUT2D eigenvalue weighted by Crippen LogP contribution is -2.25. The Labute approximate surface area is 102 Å². The summed E-state index contributed by atoms with van der Waals surface area (Å²) < 4.78 is 0. The van der Waals surface area contributed by atoms with Gasteiger partial charge in [-0.2, -0.15) is 0 Å². The van der Waals surface area contributed by atoms with Gasteiger partial charge in [0.1, 0.15) is 11.5 Å². The molecule has 0 aromatic heterocycles. The van der Waals surface area contributed by atoms with Gasteiger partial charge in [-0.05, 0) is 25.2 Å². The number of hydrogen-bond acceptors (Lipinski definition) is 4. The van der Waals surface area contributed by atoms with E-state index >= 15 is 0 Å². The molecule has 0 heterocycles. The summed E-state index contributed by atoms with van der Waals surface area (Å²) in [7, 11) is 0. The Bertz CT molecular complexity index is 374. The summed E-state index contributed by atoms with van der Waals surface area (Å²) in [5.41, 5.74) is 0.627. The molecule has 4 nitrogen and oxygen atoms in total. The van der Waals surface area contributed by atoms with E-state index in [0.717, 1.165) is 19.6 Å². The smallest absolute Gasteiger partial charge is 0.128 e. The van der Waals surface area contributed by atoms with Gasteiger partial charge < -0.3 is 15.1 Å². The van der Waals surface area contributed by atoms with E-state index in [0.29, 0.717) is 12.1 Å². The van der Waals surface area contributed by atoms with Crippen molar-refractivity contribution in [1.82, 2.24) is 4.90 Å². The molecule has 1 aromatic carbocycles. The zero-order valence-electron chi connectivity index (χ0n) is 10.4. The molecule has 0 spiro atoms. The first kappa shape index (κ1) is 13.5. The number of phenols is 2. The number of phenolic OH excluding ortho intramolecular Hbond substituents is 2. The Morgan fingerprint density at radius 3 is 2.53 bits per heavy atom. The lowest BCUT2D eigenvalue weighted by Gasteiger charge is -2.15. The highest BCUT2D eigenvalue weighted by Crippen LogP contribution is 2.20. The molecule has 0 saturated carbocycles. The first-order valence-corrected chi connectivity index (χ1v) is 5.91. The molecule has 1 rings (SSSR count). The fourth-order valence-corrected chi connectivity index (χ4v) is 1.54. The van der Waals surface area contributed by atoms with E-state index in [4.69, 9.17) is 5.11 Å². The van der Waals surface area contributed by atoms with Gasteiger partial charge >= 0.3 is 0 Å². The third-order valence-electron chi connectivity index (χ3n) is 2.68. The third-order valence-corrected chi connectivity index (χ3v) is 2.68. The highest BCUT2D eigenvalue weighted by molar-refractivity contribution is 5.83. The number of rotatable bonds is 6. The van der Waals surface area contributed by atoms with Crippen molar-refractivity contribution in [3.63, 3.8) is 0 Å². The molecule has 0 fully saturated rings. The number of aliphatic imine (C=N–C) groups is 1. The summed E-state index contributed by atoms with van der Waals surface area (Å²) in [4.78, 5) is 6.55. The second-order valence-corrected chi connectivity index (χ2v) is 3.81. The molecular formula is C13H20N2O2. The minimum atomic E-state index is 0.0524. The van der Waals surface area contributed by atoms with Gasteiger partial charge in [0.25, 0.3) is 0 Å². The van der Waals surface area contributed by atoms with Crippen LogP contribution < -0.4 is 0 Å². The molecular weight excluding hydrogens is 216 g/mol. The van der Waals surface area contributed by atoms with Gasteiger partial charge in [0.2, 0.25) is 0 Å². The van der Waals surface area contributed by atoms with Crippen LogP contribution in [0.3, 0.4) is 0 Å². The molecule has 17 heavy (non-hydrogen) atoms. The predicted molar refractivity (Wildman–Crippen MR) is 70.0 cm³/mol. The van der Waals surface area contributed by atoms with Crippen LogP contribution in [0.5, 0.6) is 11.5 Å². The lowest BCUT2D eigenvalue weighted by molar-refractivity contribution is 0.313. The summed E-state index contributed by atoms with van der Waals surface area (Å²) in [5, 5.41) is 18.7. The second kappa shape index (κ2) is 6.91. The maximum Gasteiger partial charge on any atom is 0.128 e. The van der Waals surface area contributed by atoms with Gasteiger partial charge in [-0.15, -0.1) is 0 Å². The summed E-state index contributed by atoms with van der Waals surface area (Å²) in [6.07, 6.45) is 1.64. The molecule has 0 bridgehead atoms. The molecule has 0 aliphatic rings. The molecule has 0 amide bonds. The first-order chi connectivity index (χ1) is 8.17. The van der Waals surface area contributed by atoms with Gasteiger partial charge in [0, 0.05) is 24.4 Å².